The number of pyridine rings is 1. The summed E-state index contributed by atoms with van der Waals surface area (Å²) in [7, 11) is 0. The second kappa shape index (κ2) is 3.65. The molecule has 1 heterocycles. The van der Waals surface area contributed by atoms with E-state index in [1.807, 2.05) is 24.3 Å². The van der Waals surface area contributed by atoms with Gasteiger partial charge in [-0.2, -0.15) is 5.26 Å². The van der Waals surface area contributed by atoms with Crippen molar-refractivity contribution in [2.24, 2.45) is 0 Å². The number of halogens is 1. The minimum absolute atomic E-state index is 0.346. The van der Waals surface area contributed by atoms with Gasteiger partial charge in [-0.15, -0.1) is 0 Å². The average molecular weight is 203 g/mol. The predicted octanol–water partition coefficient (Wildman–Crippen LogP) is 2.95. The maximum absolute atomic E-state index is 8.52. The molecule has 2 aromatic rings. The standard InChI is InChI=1S/C11H7ClN2/c12-9-2-4-11-8(7-9)1-3-10(14-11)5-6-13/h1-4,7H,5H2. The predicted molar refractivity (Wildman–Crippen MR) is 56.1 cm³/mol. The first-order valence-electron chi connectivity index (χ1n) is 4.22. The van der Waals surface area contributed by atoms with Crippen LogP contribution in [0.1, 0.15) is 5.69 Å². The SMILES string of the molecule is N#CCc1ccc2cc(Cl)ccc2n1. The van der Waals surface area contributed by atoms with Crippen LogP contribution in [0, 0.1) is 11.3 Å². The zero-order valence-corrected chi connectivity index (χ0v) is 8.12. The van der Waals surface area contributed by atoms with Gasteiger partial charge in [-0.05, 0) is 24.3 Å². The minimum Gasteiger partial charge on any atom is -0.252 e. The van der Waals surface area contributed by atoms with Crippen molar-refractivity contribution in [1.29, 1.82) is 5.26 Å². The molecule has 0 atom stereocenters. The molecule has 0 aliphatic heterocycles. The number of hydrogen-bond donors (Lipinski definition) is 0. The molecule has 0 N–H and O–H groups in total. The van der Waals surface area contributed by atoms with Crippen LogP contribution in [0.2, 0.25) is 5.02 Å². The van der Waals surface area contributed by atoms with Gasteiger partial charge in [-0.3, -0.25) is 4.98 Å². The van der Waals surface area contributed by atoms with Gasteiger partial charge >= 0.3 is 0 Å². The van der Waals surface area contributed by atoms with Crippen molar-refractivity contribution in [1.82, 2.24) is 4.98 Å². The van der Waals surface area contributed by atoms with Crippen molar-refractivity contribution >= 4 is 22.5 Å². The van der Waals surface area contributed by atoms with Gasteiger partial charge < -0.3 is 0 Å². The molecule has 0 aliphatic rings. The molecule has 0 radical (unpaired) electrons. The Balaban J connectivity index is 2.57. The highest BCUT2D eigenvalue weighted by atomic mass is 35.5. The molecule has 0 fully saturated rings. The minimum atomic E-state index is 0.346. The van der Waals surface area contributed by atoms with E-state index in [0.29, 0.717) is 11.4 Å². The van der Waals surface area contributed by atoms with Gasteiger partial charge in [-0.25, -0.2) is 0 Å². The molecule has 0 amide bonds. The topological polar surface area (TPSA) is 36.7 Å². The van der Waals surface area contributed by atoms with E-state index in [2.05, 4.69) is 11.1 Å². The summed E-state index contributed by atoms with van der Waals surface area (Å²) in [4.78, 5) is 4.32. The molecule has 0 spiro atoms. The Kier molecular flexibility index (Phi) is 2.34. The van der Waals surface area contributed by atoms with E-state index in [1.54, 1.807) is 6.07 Å². The summed E-state index contributed by atoms with van der Waals surface area (Å²) in [5.74, 6) is 0. The first kappa shape index (κ1) is 8.98. The largest absolute Gasteiger partial charge is 0.252 e. The number of nitrogens with zero attached hydrogens (tertiary/aromatic N) is 2. The summed E-state index contributed by atoms with van der Waals surface area (Å²) in [6.07, 6.45) is 0.346. The summed E-state index contributed by atoms with van der Waals surface area (Å²) in [6, 6.07) is 11.4. The van der Waals surface area contributed by atoms with Gasteiger partial charge in [0, 0.05) is 10.4 Å². The molecule has 14 heavy (non-hydrogen) atoms. The van der Waals surface area contributed by atoms with Crippen molar-refractivity contribution in [3.63, 3.8) is 0 Å². The Labute approximate surface area is 86.8 Å². The summed E-state index contributed by atoms with van der Waals surface area (Å²) in [6.45, 7) is 0. The quantitative estimate of drug-likeness (QED) is 0.713. The molecule has 0 unspecified atom stereocenters. The average Bonchev–Trinajstić information content (AvgIpc) is 2.19. The Morgan fingerprint density at radius 1 is 1.29 bits per heavy atom. The molecular weight excluding hydrogens is 196 g/mol. The van der Waals surface area contributed by atoms with E-state index in [9.17, 15) is 0 Å². The lowest BCUT2D eigenvalue weighted by molar-refractivity contribution is 1.15. The molecule has 1 aromatic carbocycles. The van der Waals surface area contributed by atoms with Crippen LogP contribution in [-0.2, 0) is 6.42 Å². The smallest absolute Gasteiger partial charge is 0.0774 e. The van der Waals surface area contributed by atoms with Gasteiger partial charge in [0.05, 0.1) is 23.7 Å². The molecule has 1 aromatic heterocycles. The Hall–Kier alpha value is -1.59. The maximum atomic E-state index is 8.52. The van der Waals surface area contributed by atoms with Gasteiger partial charge in [0.1, 0.15) is 0 Å². The Morgan fingerprint density at radius 2 is 2.14 bits per heavy atom. The van der Waals surface area contributed by atoms with Crippen molar-refractivity contribution in [3.8, 4) is 6.07 Å². The summed E-state index contributed by atoms with van der Waals surface area (Å²) in [5.41, 5.74) is 1.67. The molecule has 0 bridgehead atoms. The monoisotopic (exact) mass is 202 g/mol. The normalized spacial score (nSPS) is 10.0. The summed E-state index contributed by atoms with van der Waals surface area (Å²) in [5, 5.41) is 10.2. The van der Waals surface area contributed by atoms with Gasteiger partial charge in [0.15, 0.2) is 0 Å². The zero-order valence-electron chi connectivity index (χ0n) is 7.37. The van der Waals surface area contributed by atoms with Crippen LogP contribution in [0.3, 0.4) is 0 Å². The van der Waals surface area contributed by atoms with Crippen molar-refractivity contribution in [3.05, 3.63) is 41.0 Å². The lowest BCUT2D eigenvalue weighted by Gasteiger charge is -1.99. The fourth-order valence-corrected chi connectivity index (χ4v) is 1.50. The highest BCUT2D eigenvalue weighted by Gasteiger charge is 1.98. The Morgan fingerprint density at radius 3 is 2.93 bits per heavy atom. The molecule has 2 nitrogen and oxygen atoms in total. The second-order valence-corrected chi connectivity index (χ2v) is 3.41. The summed E-state index contributed by atoms with van der Waals surface area (Å²) < 4.78 is 0. The molecular formula is C11H7ClN2. The van der Waals surface area contributed by atoms with Crippen LogP contribution in [0.4, 0.5) is 0 Å². The number of hydrogen-bond acceptors (Lipinski definition) is 2. The van der Waals surface area contributed by atoms with E-state index in [4.69, 9.17) is 16.9 Å². The van der Waals surface area contributed by atoms with Gasteiger partial charge in [-0.1, -0.05) is 17.7 Å². The highest BCUT2D eigenvalue weighted by molar-refractivity contribution is 6.31. The first-order valence-corrected chi connectivity index (χ1v) is 4.59. The van der Waals surface area contributed by atoms with Crippen LogP contribution in [0.25, 0.3) is 10.9 Å². The maximum Gasteiger partial charge on any atom is 0.0774 e. The zero-order chi connectivity index (χ0) is 9.97. The number of nitriles is 1. The fourth-order valence-electron chi connectivity index (χ4n) is 1.32. The lowest BCUT2D eigenvalue weighted by atomic mass is 10.2. The van der Waals surface area contributed by atoms with E-state index < -0.39 is 0 Å². The third kappa shape index (κ3) is 1.68. The third-order valence-corrected chi connectivity index (χ3v) is 2.20. The van der Waals surface area contributed by atoms with Crippen LogP contribution in [0.15, 0.2) is 30.3 Å². The molecule has 3 heteroatoms. The first-order chi connectivity index (χ1) is 6.79. The number of benzene rings is 1. The van der Waals surface area contributed by atoms with Crippen LogP contribution in [-0.4, -0.2) is 4.98 Å². The fraction of sp³-hybridized carbons (Fsp3) is 0.0909. The molecule has 0 saturated heterocycles. The van der Waals surface area contributed by atoms with Crippen molar-refractivity contribution in [2.75, 3.05) is 0 Å². The second-order valence-electron chi connectivity index (χ2n) is 2.97. The van der Waals surface area contributed by atoms with Crippen molar-refractivity contribution in [2.45, 2.75) is 6.42 Å². The van der Waals surface area contributed by atoms with Crippen LogP contribution >= 0.6 is 11.6 Å². The highest BCUT2D eigenvalue weighted by Crippen LogP contribution is 2.17. The third-order valence-electron chi connectivity index (χ3n) is 1.97. The van der Waals surface area contributed by atoms with E-state index >= 15 is 0 Å². The molecule has 68 valence electrons. The van der Waals surface area contributed by atoms with Crippen LogP contribution in [0.5, 0.6) is 0 Å². The number of rotatable bonds is 1. The lowest BCUT2D eigenvalue weighted by Crippen LogP contribution is -1.88. The van der Waals surface area contributed by atoms with Gasteiger partial charge in [0.25, 0.3) is 0 Å². The van der Waals surface area contributed by atoms with E-state index in [0.717, 1.165) is 16.6 Å². The number of aromatic nitrogens is 1. The summed E-state index contributed by atoms with van der Waals surface area (Å²) >= 11 is 5.84. The molecule has 0 aliphatic carbocycles. The van der Waals surface area contributed by atoms with E-state index in [1.165, 1.54) is 0 Å². The van der Waals surface area contributed by atoms with Crippen molar-refractivity contribution < 1.29 is 0 Å². The Bertz CT molecular complexity index is 514. The molecule has 2 rings (SSSR count). The van der Waals surface area contributed by atoms with Crippen LogP contribution < -0.4 is 0 Å². The number of fused-ring (bicyclic) bond motifs is 1. The molecule has 0 saturated carbocycles. The van der Waals surface area contributed by atoms with Gasteiger partial charge in [0.2, 0.25) is 0 Å². The van der Waals surface area contributed by atoms with E-state index in [-0.39, 0.29) is 0 Å².